The van der Waals surface area contributed by atoms with Crippen LogP contribution in [0.5, 0.6) is 0 Å². The predicted molar refractivity (Wildman–Crippen MR) is 144 cm³/mol. The van der Waals surface area contributed by atoms with Gasteiger partial charge < -0.3 is 24.8 Å². The molecule has 0 aliphatic carbocycles. The topological polar surface area (TPSA) is 123 Å². The summed E-state index contributed by atoms with van der Waals surface area (Å²) in [5.41, 5.74) is 1.25. The Morgan fingerprint density at radius 1 is 1.00 bits per heavy atom. The third kappa shape index (κ3) is 9.10. The lowest BCUT2D eigenvalue weighted by Crippen LogP contribution is -2.61. The lowest BCUT2D eigenvalue weighted by Gasteiger charge is -2.36. The second kappa shape index (κ2) is 13.7. The largest absolute Gasteiger partial charge is 0.456 e. The number of amides is 2. The maximum Gasteiger partial charge on any atom is 0.410 e. The standard InChI is InChI=1S/C29H37N3O7/c1-5-37-28(36)32-16-15-30-18-24(32)25(33)23(31-27(35)38-19-21-9-7-6-8-10-21)17-20-11-13-22(14-12-20)26(34)39-29(2,3)4/h6-14,23-24,30H,5,15-19H2,1-4H3,(H,31,35)/t23-,24?/m0/s1. The Morgan fingerprint density at radius 3 is 2.33 bits per heavy atom. The van der Waals surface area contributed by atoms with Crippen molar-refractivity contribution in [1.82, 2.24) is 15.5 Å². The van der Waals surface area contributed by atoms with Gasteiger partial charge in [0.25, 0.3) is 0 Å². The smallest absolute Gasteiger partial charge is 0.410 e. The van der Waals surface area contributed by atoms with Crippen LogP contribution in [0.2, 0.25) is 0 Å². The summed E-state index contributed by atoms with van der Waals surface area (Å²) in [6.07, 6.45) is -1.21. The van der Waals surface area contributed by atoms with Gasteiger partial charge in [-0.1, -0.05) is 42.5 Å². The number of nitrogens with zero attached hydrogens (tertiary/aromatic N) is 1. The highest BCUT2D eigenvalue weighted by atomic mass is 16.6. The molecule has 0 aromatic heterocycles. The molecule has 2 N–H and O–H groups in total. The van der Waals surface area contributed by atoms with Crippen molar-refractivity contribution in [3.63, 3.8) is 0 Å². The van der Waals surface area contributed by atoms with E-state index in [9.17, 15) is 19.2 Å². The maximum atomic E-state index is 13.7. The number of ketones is 1. The summed E-state index contributed by atoms with van der Waals surface area (Å²) in [5, 5.41) is 5.82. The van der Waals surface area contributed by atoms with Crippen LogP contribution in [0, 0.1) is 0 Å². The van der Waals surface area contributed by atoms with E-state index in [1.807, 2.05) is 30.3 Å². The van der Waals surface area contributed by atoms with Gasteiger partial charge in [0.15, 0.2) is 5.78 Å². The van der Waals surface area contributed by atoms with E-state index in [-0.39, 0.29) is 32.0 Å². The highest BCUT2D eigenvalue weighted by Crippen LogP contribution is 2.16. The van der Waals surface area contributed by atoms with Crippen molar-refractivity contribution in [2.45, 2.75) is 58.4 Å². The molecule has 210 valence electrons. The van der Waals surface area contributed by atoms with Crippen LogP contribution < -0.4 is 10.6 Å². The Morgan fingerprint density at radius 2 is 1.69 bits per heavy atom. The number of carbonyl (C=O) groups excluding carboxylic acids is 4. The third-order valence-corrected chi connectivity index (χ3v) is 5.95. The number of rotatable bonds is 9. The molecule has 1 unspecified atom stereocenters. The minimum absolute atomic E-state index is 0.0398. The Labute approximate surface area is 229 Å². The molecule has 10 nitrogen and oxygen atoms in total. The fourth-order valence-corrected chi connectivity index (χ4v) is 4.10. The molecular formula is C29H37N3O7. The molecule has 2 atom stereocenters. The van der Waals surface area contributed by atoms with Gasteiger partial charge >= 0.3 is 18.2 Å². The Balaban J connectivity index is 1.77. The third-order valence-electron chi connectivity index (χ3n) is 5.95. The van der Waals surface area contributed by atoms with Crippen molar-refractivity contribution >= 4 is 23.9 Å². The van der Waals surface area contributed by atoms with Gasteiger partial charge in [0.05, 0.1) is 18.2 Å². The molecule has 10 heteroatoms. The Kier molecular flexibility index (Phi) is 10.4. The molecule has 0 radical (unpaired) electrons. The first-order chi connectivity index (χ1) is 18.6. The summed E-state index contributed by atoms with van der Waals surface area (Å²) >= 11 is 0. The van der Waals surface area contributed by atoms with E-state index in [4.69, 9.17) is 14.2 Å². The lowest BCUT2D eigenvalue weighted by molar-refractivity contribution is -0.126. The maximum absolute atomic E-state index is 13.7. The summed E-state index contributed by atoms with van der Waals surface area (Å²) in [6, 6.07) is 14.0. The number of ether oxygens (including phenoxy) is 3. The van der Waals surface area contributed by atoms with Crippen molar-refractivity contribution in [3.8, 4) is 0 Å². The quantitative estimate of drug-likeness (QED) is 0.367. The van der Waals surface area contributed by atoms with E-state index in [0.717, 1.165) is 5.56 Å². The molecule has 39 heavy (non-hydrogen) atoms. The highest BCUT2D eigenvalue weighted by Gasteiger charge is 2.37. The van der Waals surface area contributed by atoms with Crippen molar-refractivity contribution in [2.75, 3.05) is 26.2 Å². The number of alkyl carbamates (subject to hydrolysis) is 1. The molecule has 0 bridgehead atoms. The number of hydrogen-bond donors (Lipinski definition) is 2. The minimum atomic E-state index is -0.998. The molecule has 0 spiro atoms. The van der Waals surface area contributed by atoms with E-state index in [0.29, 0.717) is 24.2 Å². The monoisotopic (exact) mass is 539 g/mol. The van der Waals surface area contributed by atoms with E-state index >= 15 is 0 Å². The highest BCUT2D eigenvalue weighted by molar-refractivity contribution is 5.94. The molecule has 2 aromatic rings. The van der Waals surface area contributed by atoms with Crippen molar-refractivity contribution in [1.29, 1.82) is 0 Å². The van der Waals surface area contributed by atoms with Crippen LogP contribution in [0.25, 0.3) is 0 Å². The van der Waals surface area contributed by atoms with Crippen LogP contribution >= 0.6 is 0 Å². The van der Waals surface area contributed by atoms with Crippen molar-refractivity contribution in [3.05, 3.63) is 71.3 Å². The zero-order chi connectivity index (χ0) is 28.4. The Bertz CT molecular complexity index is 1130. The summed E-state index contributed by atoms with van der Waals surface area (Å²) in [6.45, 7) is 8.33. The number of piperazine rings is 1. The zero-order valence-corrected chi connectivity index (χ0v) is 22.9. The lowest BCUT2D eigenvalue weighted by atomic mass is 9.95. The first kappa shape index (κ1) is 29.6. The Hall–Kier alpha value is -3.92. The van der Waals surface area contributed by atoms with Crippen molar-refractivity contribution in [2.24, 2.45) is 0 Å². The number of hydrogen-bond acceptors (Lipinski definition) is 8. The first-order valence-electron chi connectivity index (χ1n) is 13.0. The van der Waals surface area contributed by atoms with Gasteiger partial charge in [0.1, 0.15) is 18.2 Å². The molecule has 0 saturated carbocycles. The average Bonchev–Trinajstić information content (AvgIpc) is 2.91. The number of Topliss-reactive ketones (excluding diaryl/α,β-unsaturated/α-hetero) is 1. The predicted octanol–water partition coefficient (Wildman–Crippen LogP) is 3.48. The summed E-state index contributed by atoms with van der Waals surface area (Å²) in [4.78, 5) is 52.8. The molecular weight excluding hydrogens is 502 g/mol. The molecule has 1 heterocycles. The molecule has 1 saturated heterocycles. The first-order valence-corrected chi connectivity index (χ1v) is 13.0. The van der Waals surface area contributed by atoms with E-state index in [1.165, 1.54) is 4.90 Å². The molecule has 1 fully saturated rings. The summed E-state index contributed by atoms with van der Waals surface area (Å²) < 4.78 is 15.9. The van der Waals surface area contributed by atoms with Crippen LogP contribution in [0.1, 0.15) is 49.2 Å². The van der Waals surface area contributed by atoms with Gasteiger partial charge in [0, 0.05) is 19.6 Å². The molecule has 2 aromatic carbocycles. The van der Waals surface area contributed by atoms with Crippen LogP contribution in [-0.2, 0) is 32.0 Å². The van der Waals surface area contributed by atoms with Gasteiger partial charge in [-0.25, -0.2) is 14.4 Å². The fourth-order valence-electron chi connectivity index (χ4n) is 4.10. The fraction of sp³-hybridized carbons (Fsp3) is 0.448. The second-order valence-electron chi connectivity index (χ2n) is 10.2. The van der Waals surface area contributed by atoms with Gasteiger partial charge in [0.2, 0.25) is 0 Å². The van der Waals surface area contributed by atoms with E-state index < -0.39 is 35.8 Å². The SMILES string of the molecule is CCOC(=O)N1CCNCC1C(=O)[C@H](Cc1ccc(C(=O)OC(C)(C)C)cc1)NC(=O)OCc1ccccc1. The summed E-state index contributed by atoms with van der Waals surface area (Å²) in [7, 11) is 0. The van der Waals surface area contributed by atoms with Gasteiger partial charge in [-0.15, -0.1) is 0 Å². The molecule has 1 aliphatic heterocycles. The molecule has 2 amide bonds. The van der Waals surface area contributed by atoms with Crippen LogP contribution in [-0.4, -0.2) is 72.8 Å². The number of nitrogens with one attached hydrogen (secondary N) is 2. The van der Waals surface area contributed by atoms with Gasteiger partial charge in [-0.05, 0) is 57.4 Å². The van der Waals surface area contributed by atoms with Crippen LogP contribution in [0.4, 0.5) is 9.59 Å². The molecule has 3 rings (SSSR count). The van der Waals surface area contributed by atoms with E-state index in [2.05, 4.69) is 10.6 Å². The van der Waals surface area contributed by atoms with Gasteiger partial charge in [-0.3, -0.25) is 9.69 Å². The van der Waals surface area contributed by atoms with Crippen LogP contribution in [0.15, 0.2) is 54.6 Å². The normalized spacial score (nSPS) is 16.1. The zero-order valence-electron chi connectivity index (χ0n) is 22.9. The van der Waals surface area contributed by atoms with Gasteiger partial charge in [-0.2, -0.15) is 0 Å². The van der Waals surface area contributed by atoms with E-state index in [1.54, 1.807) is 52.0 Å². The van der Waals surface area contributed by atoms with Crippen LogP contribution in [0.3, 0.4) is 0 Å². The average molecular weight is 540 g/mol. The molecule has 1 aliphatic rings. The number of benzene rings is 2. The number of esters is 1. The summed E-state index contributed by atoms with van der Waals surface area (Å²) in [5.74, 6) is -0.814. The minimum Gasteiger partial charge on any atom is -0.456 e. The second-order valence-corrected chi connectivity index (χ2v) is 10.2. The number of carbonyl (C=O) groups is 4. The van der Waals surface area contributed by atoms with Crippen molar-refractivity contribution < 1.29 is 33.4 Å².